The van der Waals surface area contributed by atoms with E-state index in [4.69, 9.17) is 5.73 Å². The first-order valence-electron chi connectivity index (χ1n) is 8.14. The third-order valence-corrected chi connectivity index (χ3v) is 4.24. The van der Waals surface area contributed by atoms with E-state index in [1.807, 2.05) is 13.1 Å². The van der Waals surface area contributed by atoms with Crippen LogP contribution in [0, 0.1) is 5.92 Å². The van der Waals surface area contributed by atoms with Crippen molar-refractivity contribution in [1.29, 1.82) is 0 Å². The van der Waals surface area contributed by atoms with Crippen LogP contribution >= 0.6 is 0 Å². The maximum Gasteiger partial charge on any atom is 0.128 e. The molecular formula is C17H29N3. The second kappa shape index (κ2) is 7.63. The molecule has 0 saturated carbocycles. The fourth-order valence-electron chi connectivity index (χ4n) is 3.19. The molecule has 3 nitrogen and oxygen atoms in total. The predicted octanol–water partition coefficient (Wildman–Crippen LogP) is 3.38. The molecule has 1 saturated heterocycles. The maximum absolute atomic E-state index is 5.83. The van der Waals surface area contributed by atoms with Crippen molar-refractivity contribution in [2.24, 2.45) is 11.7 Å². The Labute approximate surface area is 123 Å². The molecule has 1 aromatic rings. The highest BCUT2D eigenvalue weighted by Gasteiger charge is 2.17. The first-order chi connectivity index (χ1) is 9.69. The van der Waals surface area contributed by atoms with Gasteiger partial charge in [0.05, 0.1) is 0 Å². The van der Waals surface area contributed by atoms with E-state index >= 15 is 0 Å². The Morgan fingerprint density at radius 3 is 2.85 bits per heavy atom. The third-order valence-electron chi connectivity index (χ3n) is 4.24. The smallest absolute Gasteiger partial charge is 0.128 e. The van der Waals surface area contributed by atoms with Gasteiger partial charge in [-0.05, 0) is 50.2 Å². The van der Waals surface area contributed by atoms with Crippen LogP contribution in [0.25, 0.3) is 0 Å². The molecule has 1 aromatic heterocycles. The number of hydrogen-bond donors (Lipinski definition) is 1. The van der Waals surface area contributed by atoms with E-state index in [0.29, 0.717) is 0 Å². The van der Waals surface area contributed by atoms with Gasteiger partial charge in [-0.2, -0.15) is 0 Å². The predicted molar refractivity (Wildman–Crippen MR) is 86.1 cm³/mol. The Bertz CT molecular complexity index is 386. The van der Waals surface area contributed by atoms with Crippen molar-refractivity contribution in [3.8, 4) is 0 Å². The van der Waals surface area contributed by atoms with Crippen molar-refractivity contribution in [3.63, 3.8) is 0 Å². The van der Waals surface area contributed by atoms with E-state index in [0.717, 1.165) is 31.2 Å². The molecule has 2 atom stereocenters. The average molecular weight is 275 g/mol. The molecule has 2 unspecified atom stereocenters. The van der Waals surface area contributed by atoms with Gasteiger partial charge in [-0.15, -0.1) is 0 Å². The van der Waals surface area contributed by atoms with Crippen molar-refractivity contribution < 1.29 is 0 Å². The minimum atomic E-state index is 0.204. The second-order valence-corrected chi connectivity index (χ2v) is 6.28. The summed E-state index contributed by atoms with van der Waals surface area (Å²) in [6.07, 6.45) is 9.60. The molecule has 0 amide bonds. The highest BCUT2D eigenvalue weighted by molar-refractivity contribution is 5.39. The Morgan fingerprint density at radius 1 is 1.35 bits per heavy atom. The molecule has 1 aliphatic heterocycles. The minimum Gasteiger partial charge on any atom is -0.357 e. The Balaban J connectivity index is 1.94. The van der Waals surface area contributed by atoms with E-state index < -0.39 is 0 Å². The summed E-state index contributed by atoms with van der Waals surface area (Å²) >= 11 is 0. The van der Waals surface area contributed by atoms with Crippen molar-refractivity contribution in [3.05, 3.63) is 23.9 Å². The number of nitrogens with zero attached hydrogens (tertiary/aromatic N) is 2. The summed E-state index contributed by atoms with van der Waals surface area (Å²) in [5.74, 6) is 2.05. The number of anilines is 1. The molecule has 20 heavy (non-hydrogen) atoms. The lowest BCUT2D eigenvalue weighted by atomic mass is 9.96. The van der Waals surface area contributed by atoms with Gasteiger partial charge < -0.3 is 10.6 Å². The van der Waals surface area contributed by atoms with Gasteiger partial charge in [-0.1, -0.05) is 25.8 Å². The zero-order valence-corrected chi connectivity index (χ0v) is 13.0. The summed E-state index contributed by atoms with van der Waals surface area (Å²) < 4.78 is 0. The third kappa shape index (κ3) is 4.48. The van der Waals surface area contributed by atoms with E-state index in [1.165, 1.54) is 37.7 Å². The summed E-state index contributed by atoms with van der Waals surface area (Å²) in [5.41, 5.74) is 7.07. The average Bonchev–Trinajstić information content (AvgIpc) is 2.65. The number of rotatable bonds is 5. The molecule has 1 aliphatic rings. The topological polar surface area (TPSA) is 42.1 Å². The highest BCUT2D eigenvalue weighted by atomic mass is 15.2. The SMILES string of the molecule is CCCC1CCCN(c2ccc(CC(C)N)cn2)CC1. The molecular weight excluding hydrogens is 246 g/mol. The maximum atomic E-state index is 5.83. The molecule has 2 N–H and O–H groups in total. The molecule has 0 bridgehead atoms. The second-order valence-electron chi connectivity index (χ2n) is 6.28. The van der Waals surface area contributed by atoms with Gasteiger partial charge in [0.15, 0.2) is 0 Å². The van der Waals surface area contributed by atoms with Gasteiger partial charge in [-0.25, -0.2) is 4.98 Å². The molecule has 2 rings (SSSR count). The van der Waals surface area contributed by atoms with Crippen molar-refractivity contribution in [2.75, 3.05) is 18.0 Å². The largest absolute Gasteiger partial charge is 0.357 e. The molecule has 0 aliphatic carbocycles. The molecule has 112 valence electrons. The Hall–Kier alpha value is -1.09. The molecule has 1 fully saturated rings. The van der Waals surface area contributed by atoms with Crippen molar-refractivity contribution >= 4 is 5.82 Å². The summed E-state index contributed by atoms with van der Waals surface area (Å²) in [6.45, 7) is 6.64. The monoisotopic (exact) mass is 275 g/mol. The van der Waals surface area contributed by atoms with E-state index in [2.05, 4.69) is 28.9 Å². The highest BCUT2D eigenvalue weighted by Crippen LogP contribution is 2.24. The normalized spacial score (nSPS) is 21.6. The van der Waals surface area contributed by atoms with Crippen LogP contribution in [0.2, 0.25) is 0 Å². The standard InChI is InChI=1S/C17H29N3/c1-3-5-15-6-4-10-20(11-9-15)17-8-7-16(13-19-17)12-14(2)18/h7-8,13-15H,3-6,9-12,18H2,1-2H3. The van der Waals surface area contributed by atoms with Gasteiger partial charge in [0.2, 0.25) is 0 Å². The lowest BCUT2D eigenvalue weighted by molar-refractivity contribution is 0.435. The number of hydrogen-bond acceptors (Lipinski definition) is 3. The van der Waals surface area contributed by atoms with Crippen LogP contribution in [0.5, 0.6) is 0 Å². The molecule has 0 spiro atoms. The summed E-state index contributed by atoms with van der Waals surface area (Å²) in [6, 6.07) is 4.55. The first kappa shape index (κ1) is 15.3. The summed E-state index contributed by atoms with van der Waals surface area (Å²) in [5, 5.41) is 0. The van der Waals surface area contributed by atoms with Gasteiger partial charge >= 0.3 is 0 Å². The Morgan fingerprint density at radius 2 is 2.20 bits per heavy atom. The molecule has 0 aromatic carbocycles. The minimum absolute atomic E-state index is 0.204. The van der Waals surface area contributed by atoms with Crippen LogP contribution in [0.3, 0.4) is 0 Å². The van der Waals surface area contributed by atoms with E-state index in [1.54, 1.807) is 0 Å². The summed E-state index contributed by atoms with van der Waals surface area (Å²) in [7, 11) is 0. The van der Waals surface area contributed by atoms with Crippen LogP contribution in [-0.2, 0) is 6.42 Å². The lowest BCUT2D eigenvalue weighted by Gasteiger charge is -2.22. The van der Waals surface area contributed by atoms with Crippen molar-refractivity contribution in [1.82, 2.24) is 4.98 Å². The summed E-state index contributed by atoms with van der Waals surface area (Å²) in [4.78, 5) is 7.09. The zero-order valence-electron chi connectivity index (χ0n) is 13.0. The van der Waals surface area contributed by atoms with Gasteiger partial charge in [0, 0.05) is 25.3 Å². The fourth-order valence-corrected chi connectivity index (χ4v) is 3.19. The van der Waals surface area contributed by atoms with Crippen LogP contribution in [0.15, 0.2) is 18.3 Å². The van der Waals surface area contributed by atoms with Crippen molar-refractivity contribution in [2.45, 2.75) is 58.4 Å². The Kier molecular flexibility index (Phi) is 5.84. The van der Waals surface area contributed by atoms with Gasteiger partial charge in [-0.3, -0.25) is 0 Å². The van der Waals surface area contributed by atoms with Crippen LogP contribution in [0.1, 0.15) is 51.5 Å². The molecule has 2 heterocycles. The first-order valence-corrected chi connectivity index (χ1v) is 8.14. The lowest BCUT2D eigenvalue weighted by Crippen LogP contribution is -2.25. The quantitative estimate of drug-likeness (QED) is 0.895. The molecule has 3 heteroatoms. The number of nitrogens with two attached hydrogens (primary N) is 1. The zero-order chi connectivity index (χ0) is 14.4. The molecule has 0 radical (unpaired) electrons. The van der Waals surface area contributed by atoms with E-state index in [-0.39, 0.29) is 6.04 Å². The van der Waals surface area contributed by atoms with Crippen LogP contribution in [-0.4, -0.2) is 24.1 Å². The van der Waals surface area contributed by atoms with Gasteiger partial charge in [0.1, 0.15) is 5.82 Å². The van der Waals surface area contributed by atoms with Crippen LogP contribution in [0.4, 0.5) is 5.82 Å². The van der Waals surface area contributed by atoms with Crippen LogP contribution < -0.4 is 10.6 Å². The van der Waals surface area contributed by atoms with E-state index in [9.17, 15) is 0 Å². The fraction of sp³-hybridized carbons (Fsp3) is 0.706. The van der Waals surface area contributed by atoms with Gasteiger partial charge in [0.25, 0.3) is 0 Å². The number of aromatic nitrogens is 1. The number of pyridine rings is 1.